The lowest BCUT2D eigenvalue weighted by Crippen LogP contribution is -1.96. The summed E-state index contributed by atoms with van der Waals surface area (Å²) in [6.07, 6.45) is 0. The van der Waals surface area contributed by atoms with Gasteiger partial charge in [0.25, 0.3) is 0 Å². The molecule has 302 valence electrons. The molecule has 0 N–H and O–H groups in total. The fraction of sp³-hybridized carbons (Fsp3) is 0. The van der Waals surface area contributed by atoms with Crippen LogP contribution >= 0.6 is 0 Å². The summed E-state index contributed by atoms with van der Waals surface area (Å²) in [4.78, 5) is 0. The number of benzene rings is 12. The zero-order valence-electron chi connectivity index (χ0n) is 35.6. The van der Waals surface area contributed by atoms with Gasteiger partial charge in [0.1, 0.15) is 0 Å². The van der Waals surface area contributed by atoms with E-state index in [1.807, 2.05) is 0 Å². The van der Waals surface area contributed by atoms with Crippen molar-refractivity contribution < 1.29 is 0 Å². The van der Waals surface area contributed by atoms with Crippen molar-refractivity contribution in [1.82, 2.24) is 4.57 Å². The van der Waals surface area contributed by atoms with Crippen LogP contribution in [-0.2, 0) is 0 Å². The summed E-state index contributed by atoms with van der Waals surface area (Å²) < 4.78 is 2.51. The Kier molecular flexibility index (Phi) is 8.60. The van der Waals surface area contributed by atoms with Gasteiger partial charge in [-0.2, -0.15) is 0 Å². The van der Waals surface area contributed by atoms with Crippen molar-refractivity contribution in [2.24, 2.45) is 0 Å². The third-order valence-electron chi connectivity index (χ3n) is 13.5. The summed E-state index contributed by atoms with van der Waals surface area (Å²) in [5.74, 6) is 0. The van der Waals surface area contributed by atoms with Crippen LogP contribution in [-0.4, -0.2) is 4.57 Å². The smallest absolute Gasteiger partial charge is 0.0547 e. The molecule has 0 aliphatic carbocycles. The first-order valence-corrected chi connectivity index (χ1v) is 22.5. The van der Waals surface area contributed by atoms with Crippen LogP contribution in [0.3, 0.4) is 0 Å². The SMILES string of the molecule is c1ccc(-c2cc3cc(-c4cc(-n5c6cc7ccccc7cc6c6c(-c7ccc8ccccc8c7)cccc65)cc5ccccc45)cc(-c4ccccc4)c3cc2-c2ccccc2)cc1. The zero-order chi connectivity index (χ0) is 42.8. The van der Waals surface area contributed by atoms with Gasteiger partial charge < -0.3 is 4.57 Å². The molecule has 0 bridgehead atoms. The molecule has 0 saturated carbocycles. The number of hydrogen-bond acceptors (Lipinski definition) is 0. The molecule has 0 unspecified atom stereocenters. The molecule has 0 saturated heterocycles. The molecule has 1 heteroatoms. The van der Waals surface area contributed by atoms with E-state index in [9.17, 15) is 0 Å². The van der Waals surface area contributed by atoms with Crippen LogP contribution in [0, 0.1) is 0 Å². The monoisotopic (exact) mass is 823 g/mol. The second-order valence-electron chi connectivity index (χ2n) is 17.3. The van der Waals surface area contributed by atoms with Gasteiger partial charge in [0.2, 0.25) is 0 Å². The van der Waals surface area contributed by atoms with Gasteiger partial charge in [-0.15, -0.1) is 0 Å². The molecule has 0 radical (unpaired) electrons. The zero-order valence-corrected chi connectivity index (χ0v) is 35.6. The molecule has 65 heavy (non-hydrogen) atoms. The van der Waals surface area contributed by atoms with Gasteiger partial charge >= 0.3 is 0 Å². The molecule has 0 amide bonds. The van der Waals surface area contributed by atoms with Crippen LogP contribution in [0.2, 0.25) is 0 Å². The quantitative estimate of drug-likeness (QED) is 0.157. The summed E-state index contributed by atoms with van der Waals surface area (Å²) in [7, 11) is 0. The topological polar surface area (TPSA) is 4.93 Å². The Morgan fingerprint density at radius 2 is 0.769 bits per heavy atom. The molecule has 13 aromatic rings. The van der Waals surface area contributed by atoms with Crippen LogP contribution in [0.15, 0.2) is 249 Å². The molecule has 0 atom stereocenters. The summed E-state index contributed by atoms with van der Waals surface area (Å²) in [6, 6.07) is 91.9. The third-order valence-corrected chi connectivity index (χ3v) is 13.5. The van der Waals surface area contributed by atoms with Crippen molar-refractivity contribution in [3.63, 3.8) is 0 Å². The first-order valence-electron chi connectivity index (χ1n) is 22.5. The van der Waals surface area contributed by atoms with Gasteiger partial charge in [-0.3, -0.25) is 0 Å². The first-order chi connectivity index (χ1) is 32.2. The van der Waals surface area contributed by atoms with Crippen LogP contribution in [0.5, 0.6) is 0 Å². The van der Waals surface area contributed by atoms with E-state index >= 15 is 0 Å². The molecular formula is C64H41N. The Morgan fingerprint density at radius 3 is 1.48 bits per heavy atom. The van der Waals surface area contributed by atoms with Crippen LogP contribution in [0.4, 0.5) is 0 Å². The molecule has 1 nitrogen and oxygen atoms in total. The third kappa shape index (κ3) is 6.24. The van der Waals surface area contributed by atoms with Crippen molar-refractivity contribution in [1.29, 1.82) is 0 Å². The van der Waals surface area contributed by atoms with Crippen LogP contribution < -0.4 is 0 Å². The standard InChI is InChI=1S/C64H41N/c1-4-18-43(19-5-1)56-38-52-34-51(37-57(44-20-6-2-7-21-44)60(52)41-59(56)45-22-8-3-9-23-45)58-40-53(35-49-27-14-15-28-54(49)58)65-62-30-16-29-55(50-32-31-42-17-10-11-24-46(42)33-50)64(62)61-36-47-25-12-13-26-48(47)39-63(61)65/h1-41H. The van der Waals surface area contributed by atoms with E-state index < -0.39 is 0 Å². The van der Waals surface area contributed by atoms with E-state index in [0.717, 1.165) is 5.69 Å². The van der Waals surface area contributed by atoms with Crippen LogP contribution in [0.1, 0.15) is 0 Å². The minimum absolute atomic E-state index is 1.13. The molecule has 12 aromatic carbocycles. The van der Waals surface area contributed by atoms with E-state index in [0.29, 0.717) is 0 Å². The van der Waals surface area contributed by atoms with Crippen molar-refractivity contribution in [3.8, 4) is 61.3 Å². The number of rotatable bonds is 6. The Hall–Kier alpha value is -8.52. The maximum absolute atomic E-state index is 2.51. The molecule has 0 fully saturated rings. The minimum Gasteiger partial charge on any atom is -0.309 e. The highest BCUT2D eigenvalue weighted by molar-refractivity contribution is 6.19. The fourth-order valence-corrected chi connectivity index (χ4v) is 10.4. The lowest BCUT2D eigenvalue weighted by Gasteiger charge is -2.18. The van der Waals surface area contributed by atoms with Crippen molar-refractivity contribution in [2.75, 3.05) is 0 Å². The normalized spacial score (nSPS) is 11.7. The van der Waals surface area contributed by atoms with E-state index in [-0.39, 0.29) is 0 Å². The highest BCUT2D eigenvalue weighted by atomic mass is 15.0. The summed E-state index contributed by atoms with van der Waals surface area (Å²) in [6.45, 7) is 0. The lowest BCUT2D eigenvalue weighted by atomic mass is 9.86. The maximum Gasteiger partial charge on any atom is 0.0547 e. The molecule has 0 spiro atoms. The maximum atomic E-state index is 2.51. The van der Waals surface area contributed by atoms with Gasteiger partial charge in [-0.25, -0.2) is 0 Å². The number of fused-ring (bicyclic) bond motifs is 7. The Labute approximate surface area is 377 Å². The fourth-order valence-electron chi connectivity index (χ4n) is 10.4. The summed E-state index contributed by atoms with van der Waals surface area (Å²) in [5.41, 5.74) is 15.6. The number of nitrogens with zero attached hydrogens (tertiary/aromatic N) is 1. The molecule has 1 heterocycles. The van der Waals surface area contributed by atoms with Gasteiger partial charge in [0.05, 0.1) is 11.0 Å². The minimum atomic E-state index is 1.13. The second kappa shape index (κ2) is 15.1. The van der Waals surface area contributed by atoms with E-state index in [4.69, 9.17) is 0 Å². The van der Waals surface area contributed by atoms with Crippen molar-refractivity contribution in [2.45, 2.75) is 0 Å². The predicted molar refractivity (Wildman–Crippen MR) is 278 cm³/mol. The van der Waals surface area contributed by atoms with Gasteiger partial charge in [0.15, 0.2) is 0 Å². The van der Waals surface area contributed by atoms with Crippen LogP contribution in [0.25, 0.3) is 126 Å². The Balaban J connectivity index is 1.10. The molecule has 1 aromatic heterocycles. The van der Waals surface area contributed by atoms with E-state index in [2.05, 4.69) is 253 Å². The highest BCUT2D eigenvalue weighted by Crippen LogP contribution is 2.45. The highest BCUT2D eigenvalue weighted by Gasteiger charge is 2.21. The number of hydrogen-bond donors (Lipinski definition) is 0. The lowest BCUT2D eigenvalue weighted by molar-refractivity contribution is 1.19. The predicted octanol–water partition coefficient (Wildman–Crippen LogP) is 17.7. The van der Waals surface area contributed by atoms with Crippen molar-refractivity contribution >= 4 is 64.9 Å². The average molecular weight is 824 g/mol. The second-order valence-corrected chi connectivity index (χ2v) is 17.3. The molecule has 13 rings (SSSR count). The molecule has 0 aliphatic rings. The van der Waals surface area contributed by atoms with E-state index in [1.165, 1.54) is 121 Å². The Morgan fingerprint density at radius 1 is 0.215 bits per heavy atom. The Bertz CT molecular complexity index is 3970. The largest absolute Gasteiger partial charge is 0.309 e. The van der Waals surface area contributed by atoms with Crippen molar-refractivity contribution in [3.05, 3.63) is 249 Å². The summed E-state index contributed by atoms with van der Waals surface area (Å²) >= 11 is 0. The van der Waals surface area contributed by atoms with Gasteiger partial charge in [-0.1, -0.05) is 188 Å². The van der Waals surface area contributed by atoms with E-state index in [1.54, 1.807) is 0 Å². The number of aromatic nitrogens is 1. The first kappa shape index (κ1) is 37.1. The summed E-state index contributed by atoms with van der Waals surface area (Å²) in [5, 5.41) is 12.3. The van der Waals surface area contributed by atoms with Gasteiger partial charge in [-0.05, 0) is 159 Å². The molecule has 0 aliphatic heterocycles. The van der Waals surface area contributed by atoms with Gasteiger partial charge in [0, 0.05) is 16.5 Å². The average Bonchev–Trinajstić information content (AvgIpc) is 3.70. The molecular weight excluding hydrogens is 783 g/mol.